The summed E-state index contributed by atoms with van der Waals surface area (Å²) >= 11 is 1.24. The van der Waals surface area contributed by atoms with Gasteiger partial charge in [0.15, 0.2) is 12.4 Å². The number of carbonyl (C=O) groups excluding carboxylic acids is 1. The number of alkyl halides is 3. The number of ether oxygens (including phenoxy) is 1. The third kappa shape index (κ3) is 7.39. The zero-order valence-electron chi connectivity index (χ0n) is 19.2. The quantitative estimate of drug-likeness (QED) is 0.592. The van der Waals surface area contributed by atoms with E-state index in [0.717, 1.165) is 75.2 Å². The maximum atomic E-state index is 12.4. The van der Waals surface area contributed by atoms with E-state index in [1.165, 1.54) is 11.3 Å². The second kappa shape index (κ2) is 11.0. The molecule has 188 valence electrons. The van der Waals surface area contributed by atoms with Crippen molar-refractivity contribution in [1.29, 1.82) is 0 Å². The molecule has 1 aliphatic heterocycles. The number of amides is 1. The molecule has 0 aromatic carbocycles. The molecule has 1 aliphatic carbocycles. The molecule has 0 saturated heterocycles. The van der Waals surface area contributed by atoms with Crippen LogP contribution in [0.25, 0.3) is 0 Å². The van der Waals surface area contributed by atoms with Crippen molar-refractivity contribution in [3.8, 4) is 5.19 Å². The van der Waals surface area contributed by atoms with Gasteiger partial charge in [0, 0.05) is 30.4 Å². The molecule has 0 unspecified atom stereocenters. The molecule has 34 heavy (non-hydrogen) atoms. The Morgan fingerprint density at radius 1 is 1.21 bits per heavy atom. The molecule has 0 spiro atoms. The van der Waals surface area contributed by atoms with Crippen LogP contribution >= 0.6 is 11.3 Å². The predicted octanol–water partition coefficient (Wildman–Crippen LogP) is 3.48. The SMILES string of the molecule is Cc1noc(CC(=O)N[C@H]2CC[C@H](CCN3CCc4nc(OCC(F)(F)F)sc4CC3)CC2)n1. The van der Waals surface area contributed by atoms with Gasteiger partial charge in [-0.15, -0.1) is 0 Å². The largest absolute Gasteiger partial charge is 0.460 e. The number of fused-ring (bicyclic) bond motifs is 1. The van der Waals surface area contributed by atoms with Crippen LogP contribution in [0.3, 0.4) is 0 Å². The fourth-order valence-corrected chi connectivity index (χ4v) is 5.55. The zero-order valence-corrected chi connectivity index (χ0v) is 20.0. The molecule has 3 heterocycles. The summed E-state index contributed by atoms with van der Waals surface area (Å²) < 4.78 is 46.9. The van der Waals surface area contributed by atoms with Gasteiger partial charge in [0.25, 0.3) is 5.19 Å². The summed E-state index contributed by atoms with van der Waals surface area (Å²) in [5.74, 6) is 1.43. The van der Waals surface area contributed by atoms with Crippen LogP contribution in [0.5, 0.6) is 5.19 Å². The lowest BCUT2D eigenvalue weighted by Crippen LogP contribution is -2.39. The van der Waals surface area contributed by atoms with E-state index in [-0.39, 0.29) is 23.6 Å². The highest BCUT2D eigenvalue weighted by molar-refractivity contribution is 7.13. The fourth-order valence-electron chi connectivity index (χ4n) is 4.60. The first-order valence-electron chi connectivity index (χ1n) is 11.7. The Hall–Kier alpha value is -2.21. The monoisotopic (exact) mass is 501 g/mol. The predicted molar refractivity (Wildman–Crippen MR) is 119 cm³/mol. The number of hydrogen-bond acceptors (Lipinski definition) is 8. The van der Waals surface area contributed by atoms with E-state index in [9.17, 15) is 18.0 Å². The third-order valence-corrected chi connectivity index (χ3v) is 7.45. The topological polar surface area (TPSA) is 93.4 Å². The summed E-state index contributed by atoms with van der Waals surface area (Å²) in [6.45, 7) is 3.17. The molecule has 2 aromatic rings. The Bertz CT molecular complexity index is 930. The smallest absolute Gasteiger partial charge is 0.422 e. The van der Waals surface area contributed by atoms with E-state index in [1.807, 2.05) is 0 Å². The molecule has 1 N–H and O–H groups in total. The first kappa shape index (κ1) is 24.9. The Morgan fingerprint density at radius 3 is 2.68 bits per heavy atom. The molecule has 2 aliphatic rings. The molecule has 4 rings (SSSR count). The number of rotatable bonds is 8. The van der Waals surface area contributed by atoms with Gasteiger partial charge < -0.3 is 19.5 Å². The van der Waals surface area contributed by atoms with Crippen LogP contribution in [-0.2, 0) is 24.1 Å². The molecule has 0 bridgehead atoms. The van der Waals surface area contributed by atoms with Crippen molar-refractivity contribution in [3.63, 3.8) is 0 Å². The van der Waals surface area contributed by atoms with E-state index in [2.05, 4.69) is 25.3 Å². The summed E-state index contributed by atoms with van der Waals surface area (Å²) in [4.78, 5) is 24.0. The molecule has 1 amide bonds. The number of nitrogens with one attached hydrogen (secondary N) is 1. The zero-order chi connectivity index (χ0) is 24.1. The van der Waals surface area contributed by atoms with Crippen LogP contribution in [0.4, 0.5) is 13.2 Å². The van der Waals surface area contributed by atoms with Crippen molar-refractivity contribution in [2.24, 2.45) is 5.92 Å². The molecular weight excluding hydrogens is 471 g/mol. The lowest BCUT2D eigenvalue weighted by molar-refractivity contribution is -0.153. The minimum atomic E-state index is -4.35. The Morgan fingerprint density at radius 2 is 1.97 bits per heavy atom. The van der Waals surface area contributed by atoms with Gasteiger partial charge in [0.1, 0.15) is 6.42 Å². The molecule has 1 fully saturated rings. The van der Waals surface area contributed by atoms with Crippen LogP contribution in [0, 0.1) is 12.8 Å². The maximum absolute atomic E-state index is 12.4. The van der Waals surface area contributed by atoms with Crippen molar-refractivity contribution >= 4 is 17.2 Å². The number of halogens is 3. The molecular formula is C22H30F3N5O3S. The van der Waals surface area contributed by atoms with Gasteiger partial charge in [0.05, 0.1) is 5.69 Å². The van der Waals surface area contributed by atoms with E-state index in [1.54, 1.807) is 6.92 Å². The molecule has 2 aromatic heterocycles. The second-order valence-corrected chi connectivity index (χ2v) is 10.1. The van der Waals surface area contributed by atoms with Crippen LogP contribution in [-0.4, -0.2) is 64.4 Å². The van der Waals surface area contributed by atoms with Crippen LogP contribution in [0.1, 0.15) is 54.4 Å². The average Bonchev–Trinajstić information content (AvgIpc) is 3.32. The summed E-state index contributed by atoms with van der Waals surface area (Å²) in [6.07, 6.45) is 2.54. The lowest BCUT2D eigenvalue weighted by Gasteiger charge is -2.30. The van der Waals surface area contributed by atoms with Gasteiger partial charge in [-0.3, -0.25) is 4.79 Å². The summed E-state index contributed by atoms with van der Waals surface area (Å²) in [5.41, 5.74) is 0.872. The number of aromatic nitrogens is 3. The van der Waals surface area contributed by atoms with Gasteiger partial charge >= 0.3 is 6.18 Å². The highest BCUT2D eigenvalue weighted by Crippen LogP contribution is 2.31. The first-order valence-corrected chi connectivity index (χ1v) is 12.5. The van der Waals surface area contributed by atoms with E-state index in [4.69, 9.17) is 9.26 Å². The minimum absolute atomic E-state index is 0.0790. The fraction of sp³-hybridized carbons (Fsp3) is 0.727. The van der Waals surface area contributed by atoms with Crippen molar-refractivity contribution in [2.45, 2.75) is 70.5 Å². The molecule has 12 heteroatoms. The lowest BCUT2D eigenvalue weighted by atomic mass is 9.84. The van der Waals surface area contributed by atoms with E-state index in [0.29, 0.717) is 17.6 Å². The van der Waals surface area contributed by atoms with Gasteiger partial charge in [-0.25, -0.2) is 4.98 Å². The number of aryl methyl sites for hydroxylation is 1. The normalized spacial score (nSPS) is 21.6. The summed E-state index contributed by atoms with van der Waals surface area (Å²) in [6, 6.07) is 0.196. The summed E-state index contributed by atoms with van der Waals surface area (Å²) in [7, 11) is 0. The Kier molecular flexibility index (Phi) is 8.07. The molecule has 0 radical (unpaired) electrons. The maximum Gasteiger partial charge on any atom is 0.422 e. The highest BCUT2D eigenvalue weighted by Gasteiger charge is 2.30. The van der Waals surface area contributed by atoms with Crippen molar-refractivity contribution in [3.05, 3.63) is 22.3 Å². The van der Waals surface area contributed by atoms with Crippen molar-refractivity contribution < 1.29 is 27.2 Å². The Balaban J connectivity index is 1.13. The van der Waals surface area contributed by atoms with Crippen molar-refractivity contribution in [1.82, 2.24) is 25.3 Å². The number of nitrogens with zero attached hydrogens (tertiary/aromatic N) is 4. The van der Waals surface area contributed by atoms with E-state index < -0.39 is 12.8 Å². The van der Waals surface area contributed by atoms with Crippen molar-refractivity contribution in [2.75, 3.05) is 26.2 Å². The molecule has 0 atom stereocenters. The van der Waals surface area contributed by atoms with Gasteiger partial charge in [-0.05, 0) is 57.9 Å². The van der Waals surface area contributed by atoms with Gasteiger partial charge in [0.2, 0.25) is 11.8 Å². The molecule has 1 saturated carbocycles. The Labute approximate surface area is 200 Å². The number of carbonyl (C=O) groups is 1. The van der Waals surface area contributed by atoms with Crippen LogP contribution in [0.2, 0.25) is 0 Å². The summed E-state index contributed by atoms with van der Waals surface area (Å²) in [5, 5.41) is 6.90. The third-order valence-electron chi connectivity index (χ3n) is 6.38. The van der Waals surface area contributed by atoms with Gasteiger partial charge in [-0.2, -0.15) is 18.2 Å². The minimum Gasteiger partial charge on any atom is -0.460 e. The number of thiazole rings is 1. The van der Waals surface area contributed by atoms with Crippen LogP contribution < -0.4 is 10.1 Å². The average molecular weight is 502 g/mol. The highest BCUT2D eigenvalue weighted by atomic mass is 32.1. The van der Waals surface area contributed by atoms with Gasteiger partial charge in [-0.1, -0.05) is 16.5 Å². The molecule has 8 nitrogen and oxygen atoms in total. The standard InChI is InChI=1S/C22H30F3N5O3S/c1-14-26-20(33-29-14)12-19(31)27-16-4-2-15(3-5-16)6-9-30-10-7-17-18(8-11-30)34-21(28-17)32-13-22(23,24)25/h15-16H,2-13H2,1H3,(H,27,31)/t15-,16-. The second-order valence-electron chi connectivity index (χ2n) is 9.08. The van der Waals surface area contributed by atoms with Crippen LogP contribution in [0.15, 0.2) is 4.52 Å². The number of hydrogen-bond donors (Lipinski definition) is 1. The first-order chi connectivity index (χ1) is 16.2. The van der Waals surface area contributed by atoms with E-state index >= 15 is 0 Å².